The van der Waals surface area contributed by atoms with Crippen LogP contribution < -0.4 is 19.7 Å². The summed E-state index contributed by atoms with van der Waals surface area (Å²) >= 11 is 3.58. The molecular weight excluding hydrogens is 392 g/mol. The summed E-state index contributed by atoms with van der Waals surface area (Å²) in [7, 11) is 3.20. The highest BCUT2D eigenvalue weighted by atomic mass is 32.1. The van der Waals surface area contributed by atoms with Gasteiger partial charge >= 0.3 is 0 Å². The van der Waals surface area contributed by atoms with E-state index in [1.54, 1.807) is 37.7 Å². The zero-order chi connectivity index (χ0) is 19.5. The molecule has 0 saturated heterocycles. The molecule has 0 bridgehead atoms. The number of benzene rings is 1. The number of rotatable bonds is 6. The van der Waals surface area contributed by atoms with E-state index in [1.165, 1.54) is 20.2 Å². The van der Waals surface area contributed by atoms with E-state index in [9.17, 15) is 4.79 Å². The normalized spacial score (nSPS) is 18.4. The lowest BCUT2D eigenvalue weighted by atomic mass is 9.98. The van der Waals surface area contributed by atoms with Gasteiger partial charge in [0.15, 0.2) is 6.54 Å². The molecule has 0 radical (unpaired) electrons. The fraction of sp³-hybridized carbons (Fsp3) is 0.286. The number of methoxy groups -OCH3 is 2. The van der Waals surface area contributed by atoms with Crippen LogP contribution in [0.1, 0.15) is 21.4 Å². The summed E-state index contributed by atoms with van der Waals surface area (Å²) in [5, 5.41) is 7.28. The van der Waals surface area contributed by atoms with Crippen LogP contribution in [0.25, 0.3) is 0 Å². The van der Waals surface area contributed by atoms with Crippen LogP contribution in [-0.2, 0) is 11.2 Å². The molecule has 1 amide bonds. The van der Waals surface area contributed by atoms with Gasteiger partial charge in [-0.1, -0.05) is 6.07 Å². The molecule has 0 saturated carbocycles. The molecule has 146 valence electrons. The predicted octanol–water partition coefficient (Wildman–Crippen LogP) is 3.00. The predicted molar refractivity (Wildman–Crippen MR) is 113 cm³/mol. The Morgan fingerprint density at radius 2 is 2.07 bits per heavy atom. The molecule has 1 aliphatic heterocycles. The van der Waals surface area contributed by atoms with E-state index >= 15 is 0 Å². The molecule has 3 heterocycles. The van der Waals surface area contributed by atoms with Crippen LogP contribution in [0.2, 0.25) is 0 Å². The molecule has 1 aliphatic rings. The van der Waals surface area contributed by atoms with Gasteiger partial charge in [-0.25, -0.2) is 0 Å². The van der Waals surface area contributed by atoms with Gasteiger partial charge in [0.25, 0.3) is 5.91 Å². The molecule has 0 spiro atoms. The molecule has 5 nitrogen and oxygen atoms in total. The van der Waals surface area contributed by atoms with Gasteiger partial charge in [0.05, 0.1) is 31.3 Å². The number of ether oxygens (including phenoxy) is 2. The van der Waals surface area contributed by atoms with Gasteiger partial charge in [-0.05, 0) is 35.0 Å². The summed E-state index contributed by atoms with van der Waals surface area (Å²) in [4.78, 5) is 16.9. The fourth-order valence-electron chi connectivity index (χ4n) is 3.76. The second kappa shape index (κ2) is 8.34. The Hall–Kier alpha value is -2.35. The second-order valence-electron chi connectivity index (χ2n) is 6.70. The maximum Gasteiger partial charge on any atom is 0.279 e. The van der Waals surface area contributed by atoms with Crippen molar-refractivity contribution >= 4 is 34.3 Å². The average Bonchev–Trinajstić information content (AvgIpc) is 3.39. The van der Waals surface area contributed by atoms with Gasteiger partial charge in [-0.3, -0.25) is 4.79 Å². The number of amides is 1. The van der Waals surface area contributed by atoms with E-state index in [-0.39, 0.29) is 11.9 Å². The minimum absolute atomic E-state index is 0.0261. The highest BCUT2D eigenvalue weighted by Gasteiger charge is 2.35. The van der Waals surface area contributed by atoms with E-state index in [2.05, 4.69) is 34.3 Å². The van der Waals surface area contributed by atoms with Crippen molar-refractivity contribution < 1.29 is 19.2 Å². The highest BCUT2D eigenvalue weighted by molar-refractivity contribution is 7.10. The van der Waals surface area contributed by atoms with Crippen molar-refractivity contribution in [1.29, 1.82) is 0 Å². The topological polar surface area (TPSA) is 52.0 Å². The summed E-state index contributed by atoms with van der Waals surface area (Å²) < 4.78 is 10.7. The Morgan fingerprint density at radius 1 is 1.18 bits per heavy atom. The molecular formula is C21H23N2O3S2+. The number of nitrogens with one attached hydrogen (secondary N) is 2. The van der Waals surface area contributed by atoms with Crippen molar-refractivity contribution in [1.82, 2.24) is 0 Å². The van der Waals surface area contributed by atoms with Gasteiger partial charge in [0, 0.05) is 22.9 Å². The molecule has 0 aliphatic carbocycles. The van der Waals surface area contributed by atoms with Crippen molar-refractivity contribution in [3.05, 3.63) is 62.5 Å². The van der Waals surface area contributed by atoms with Gasteiger partial charge < -0.3 is 19.7 Å². The van der Waals surface area contributed by atoms with E-state index in [4.69, 9.17) is 9.47 Å². The first kappa shape index (κ1) is 19.0. The number of hydrogen-bond donors (Lipinski definition) is 2. The summed E-state index contributed by atoms with van der Waals surface area (Å²) in [6.07, 6.45) is 1.01. The lowest BCUT2D eigenvalue weighted by molar-refractivity contribution is -0.919. The first-order valence-electron chi connectivity index (χ1n) is 9.15. The standard InChI is InChI=1S/C21H22N2O3S2/c1-25-14-5-6-17(26-2)16(12-14)22-20(24)13-23-9-7-18-15(8-11-28-18)21(23)19-4-3-10-27-19/h3-6,8,10-12,21H,7,9,13H2,1-2H3,(H,22,24)/p+1/t21-/m0/s1. The third-order valence-corrected chi connectivity index (χ3v) is 7.00. The number of fused-ring (bicyclic) bond motifs is 1. The maximum atomic E-state index is 12.9. The number of anilines is 1. The molecule has 4 rings (SSSR count). The molecule has 2 atom stereocenters. The molecule has 28 heavy (non-hydrogen) atoms. The third-order valence-electron chi connectivity index (χ3n) is 5.07. The third kappa shape index (κ3) is 3.78. The molecule has 0 fully saturated rings. The van der Waals surface area contributed by atoms with Crippen LogP contribution in [0.5, 0.6) is 11.5 Å². The van der Waals surface area contributed by atoms with Crippen molar-refractivity contribution in [3.63, 3.8) is 0 Å². The Kier molecular flexibility index (Phi) is 5.66. The van der Waals surface area contributed by atoms with Crippen LogP contribution >= 0.6 is 22.7 Å². The average molecular weight is 416 g/mol. The van der Waals surface area contributed by atoms with Crippen LogP contribution in [0.3, 0.4) is 0 Å². The number of carbonyl (C=O) groups excluding carboxylic acids is 1. The molecule has 3 aromatic rings. The molecule has 2 N–H and O–H groups in total. The molecule has 1 unspecified atom stereocenters. The Labute approximate surface area is 172 Å². The molecule has 2 aromatic heterocycles. The maximum absolute atomic E-state index is 12.9. The number of hydrogen-bond acceptors (Lipinski definition) is 5. The number of carbonyl (C=O) groups is 1. The summed E-state index contributed by atoms with van der Waals surface area (Å²) in [6.45, 7) is 1.34. The zero-order valence-electron chi connectivity index (χ0n) is 15.9. The van der Waals surface area contributed by atoms with Crippen LogP contribution in [0, 0.1) is 0 Å². The van der Waals surface area contributed by atoms with E-state index in [0.717, 1.165) is 13.0 Å². The summed E-state index contributed by atoms with van der Waals surface area (Å²) in [5.41, 5.74) is 1.99. The molecule has 7 heteroatoms. The summed E-state index contributed by atoms with van der Waals surface area (Å²) in [6, 6.07) is 12.1. The Balaban J connectivity index is 1.54. The van der Waals surface area contributed by atoms with Crippen molar-refractivity contribution in [3.8, 4) is 11.5 Å². The minimum Gasteiger partial charge on any atom is -0.497 e. The lowest BCUT2D eigenvalue weighted by Crippen LogP contribution is -3.14. The van der Waals surface area contributed by atoms with Crippen LogP contribution in [0.4, 0.5) is 5.69 Å². The first-order valence-corrected chi connectivity index (χ1v) is 10.9. The quantitative estimate of drug-likeness (QED) is 0.651. The smallest absolute Gasteiger partial charge is 0.279 e. The fourth-order valence-corrected chi connectivity index (χ4v) is 5.58. The Bertz CT molecular complexity index is 952. The second-order valence-corrected chi connectivity index (χ2v) is 8.68. The van der Waals surface area contributed by atoms with Crippen molar-refractivity contribution in [2.75, 3.05) is 32.6 Å². The van der Waals surface area contributed by atoms with Crippen molar-refractivity contribution in [2.45, 2.75) is 12.5 Å². The number of thiophene rings is 2. The van der Waals surface area contributed by atoms with Gasteiger partial charge in [0.1, 0.15) is 17.5 Å². The van der Waals surface area contributed by atoms with E-state index in [1.807, 2.05) is 17.4 Å². The first-order chi connectivity index (χ1) is 13.7. The molecule has 1 aromatic carbocycles. The number of quaternary nitrogens is 1. The van der Waals surface area contributed by atoms with Gasteiger partial charge in [-0.15, -0.1) is 22.7 Å². The highest BCUT2D eigenvalue weighted by Crippen LogP contribution is 2.32. The van der Waals surface area contributed by atoms with Gasteiger partial charge in [-0.2, -0.15) is 0 Å². The van der Waals surface area contributed by atoms with Crippen molar-refractivity contribution in [2.24, 2.45) is 0 Å². The summed E-state index contributed by atoms with van der Waals surface area (Å²) in [5.74, 6) is 1.28. The monoisotopic (exact) mass is 415 g/mol. The Morgan fingerprint density at radius 3 is 2.82 bits per heavy atom. The van der Waals surface area contributed by atoms with Gasteiger partial charge in [0.2, 0.25) is 0 Å². The SMILES string of the molecule is COc1ccc(OC)c(NC(=O)C[NH+]2CCc3sccc3[C@H]2c2cccs2)c1. The van der Waals surface area contributed by atoms with E-state index < -0.39 is 0 Å². The lowest BCUT2D eigenvalue weighted by Gasteiger charge is -2.31. The van der Waals surface area contributed by atoms with Crippen LogP contribution in [-0.4, -0.2) is 33.2 Å². The zero-order valence-corrected chi connectivity index (χ0v) is 17.5. The largest absolute Gasteiger partial charge is 0.497 e. The van der Waals surface area contributed by atoms with Crippen LogP contribution in [0.15, 0.2) is 47.2 Å². The van der Waals surface area contributed by atoms with E-state index in [0.29, 0.717) is 23.7 Å². The minimum atomic E-state index is -0.0261.